The molecule has 0 aromatic heterocycles. The molecule has 0 radical (unpaired) electrons. The van der Waals surface area contributed by atoms with Gasteiger partial charge in [-0.1, -0.05) is 0 Å². The smallest absolute Gasteiger partial charge is 0.475 e. The molecule has 0 aromatic rings. The maximum Gasteiger partial charge on any atom is 0.490 e. The minimum atomic E-state index is -5.08. The van der Waals surface area contributed by atoms with Gasteiger partial charge in [0.1, 0.15) is 6.04 Å². The fourth-order valence-corrected chi connectivity index (χ4v) is 1.16. The van der Waals surface area contributed by atoms with Crippen LogP contribution in [0, 0.1) is 17.2 Å². The number of carboxylic acid groups (broad SMARTS) is 1. The quantitative estimate of drug-likeness (QED) is 0.663. The van der Waals surface area contributed by atoms with Crippen LogP contribution in [0.15, 0.2) is 0 Å². The number of esters is 1. The first-order valence-electron chi connectivity index (χ1n) is 4.73. The molecule has 102 valence electrons. The topological polar surface area (TPSA) is 99.4 Å². The zero-order chi connectivity index (χ0) is 14.3. The Balaban J connectivity index is 0.000000360. The molecule has 0 aromatic carbocycles. The van der Waals surface area contributed by atoms with E-state index in [9.17, 15) is 18.0 Å². The number of nitrogens with zero attached hydrogens (tertiary/aromatic N) is 1. The molecule has 0 unspecified atom stereocenters. The zero-order valence-corrected chi connectivity index (χ0v) is 9.32. The van der Waals surface area contributed by atoms with Gasteiger partial charge in [-0.25, -0.2) is 4.79 Å². The number of hydrogen-bond donors (Lipinski definition) is 2. The molecule has 0 amide bonds. The van der Waals surface area contributed by atoms with Gasteiger partial charge in [-0.05, 0) is 6.42 Å². The van der Waals surface area contributed by atoms with Crippen LogP contribution >= 0.6 is 0 Å². The van der Waals surface area contributed by atoms with Crippen LogP contribution in [0.25, 0.3) is 0 Å². The van der Waals surface area contributed by atoms with Crippen molar-refractivity contribution in [2.24, 2.45) is 5.92 Å². The van der Waals surface area contributed by atoms with Crippen LogP contribution in [-0.2, 0) is 14.3 Å². The molecule has 18 heavy (non-hydrogen) atoms. The number of hydrogen-bond acceptors (Lipinski definition) is 5. The lowest BCUT2D eigenvalue weighted by Gasteiger charge is -2.05. The van der Waals surface area contributed by atoms with Crippen molar-refractivity contribution in [2.45, 2.75) is 18.6 Å². The zero-order valence-electron chi connectivity index (χ0n) is 9.32. The fraction of sp³-hybridized carbons (Fsp3) is 0.667. The van der Waals surface area contributed by atoms with Crippen LogP contribution < -0.4 is 5.32 Å². The van der Waals surface area contributed by atoms with Crippen LogP contribution in [0.3, 0.4) is 0 Å². The maximum atomic E-state index is 10.9. The summed E-state index contributed by atoms with van der Waals surface area (Å²) in [5.41, 5.74) is 0. The van der Waals surface area contributed by atoms with Crippen molar-refractivity contribution in [3.05, 3.63) is 0 Å². The Hall–Kier alpha value is -1.82. The Bertz CT molecular complexity index is 351. The number of ether oxygens (including phenoxy) is 1. The number of methoxy groups -OCH3 is 1. The van der Waals surface area contributed by atoms with Crippen molar-refractivity contribution >= 4 is 11.9 Å². The van der Waals surface area contributed by atoms with Gasteiger partial charge in [0.15, 0.2) is 0 Å². The summed E-state index contributed by atoms with van der Waals surface area (Å²) in [7, 11) is 1.35. The predicted molar refractivity (Wildman–Crippen MR) is 51.2 cm³/mol. The standard InChI is InChI=1S/C7H10N2O2.C2HF3O2/c1-11-7(10)6-2-5(3-8)4-9-6;3-2(4,5)1(6)7/h5-6,9H,2,4H2,1H3;(H,6,7)/t5-,6+;/m1./s1. The van der Waals surface area contributed by atoms with E-state index in [1.54, 1.807) is 0 Å². The van der Waals surface area contributed by atoms with E-state index < -0.39 is 12.1 Å². The van der Waals surface area contributed by atoms with Gasteiger partial charge in [0.25, 0.3) is 0 Å². The molecule has 0 spiro atoms. The number of nitriles is 1. The lowest BCUT2D eigenvalue weighted by Crippen LogP contribution is -2.31. The van der Waals surface area contributed by atoms with Gasteiger partial charge < -0.3 is 15.2 Å². The number of carbonyl (C=O) groups is 2. The van der Waals surface area contributed by atoms with Crippen LogP contribution in [0.1, 0.15) is 6.42 Å². The van der Waals surface area contributed by atoms with E-state index >= 15 is 0 Å². The average molecular weight is 268 g/mol. The van der Waals surface area contributed by atoms with Gasteiger partial charge in [0.2, 0.25) is 0 Å². The van der Waals surface area contributed by atoms with Crippen molar-refractivity contribution in [3.63, 3.8) is 0 Å². The second kappa shape index (κ2) is 6.80. The first-order valence-corrected chi connectivity index (χ1v) is 4.73. The second-order valence-electron chi connectivity index (χ2n) is 3.35. The summed E-state index contributed by atoms with van der Waals surface area (Å²) in [6.45, 7) is 0.594. The first-order chi connectivity index (χ1) is 8.22. The Morgan fingerprint density at radius 2 is 2.00 bits per heavy atom. The number of rotatable bonds is 1. The normalized spacial score (nSPS) is 22.4. The summed E-state index contributed by atoms with van der Waals surface area (Å²) in [5.74, 6) is -3.07. The Kier molecular flexibility index (Phi) is 6.12. The number of nitrogens with one attached hydrogen (secondary N) is 1. The number of halogens is 3. The van der Waals surface area contributed by atoms with Gasteiger partial charge in [-0.3, -0.25) is 4.79 Å². The minimum absolute atomic E-state index is 0.0425. The number of carboxylic acids is 1. The van der Waals surface area contributed by atoms with Crippen LogP contribution in [0.4, 0.5) is 13.2 Å². The Labute approximate surface area is 100 Å². The highest BCUT2D eigenvalue weighted by molar-refractivity contribution is 5.76. The molecule has 2 atom stereocenters. The molecule has 1 fully saturated rings. The molecule has 1 aliphatic heterocycles. The van der Waals surface area contributed by atoms with E-state index in [1.807, 2.05) is 0 Å². The van der Waals surface area contributed by atoms with E-state index in [0.717, 1.165) is 0 Å². The van der Waals surface area contributed by atoms with Crippen LogP contribution in [0.5, 0.6) is 0 Å². The monoisotopic (exact) mass is 268 g/mol. The molecular formula is C9H11F3N2O4. The van der Waals surface area contributed by atoms with Gasteiger partial charge in [-0.2, -0.15) is 18.4 Å². The molecule has 2 N–H and O–H groups in total. The van der Waals surface area contributed by atoms with Crippen molar-refractivity contribution in [1.29, 1.82) is 5.26 Å². The van der Waals surface area contributed by atoms with Gasteiger partial charge >= 0.3 is 18.1 Å². The van der Waals surface area contributed by atoms with Gasteiger partial charge in [0.05, 0.1) is 19.1 Å². The summed E-state index contributed by atoms with van der Waals surface area (Å²) in [6.07, 6.45) is -4.51. The van der Waals surface area contributed by atoms with Crippen LogP contribution in [0.2, 0.25) is 0 Å². The predicted octanol–water partition coefficient (Wildman–Crippen LogP) is 0.294. The highest BCUT2D eigenvalue weighted by Gasteiger charge is 2.38. The third kappa shape index (κ3) is 5.49. The highest BCUT2D eigenvalue weighted by atomic mass is 19.4. The third-order valence-electron chi connectivity index (χ3n) is 2.04. The molecule has 9 heteroatoms. The molecule has 0 saturated carbocycles. The fourth-order valence-electron chi connectivity index (χ4n) is 1.16. The van der Waals surface area contributed by atoms with E-state index in [1.165, 1.54) is 7.11 Å². The van der Waals surface area contributed by atoms with Crippen molar-refractivity contribution in [3.8, 4) is 6.07 Å². The summed E-state index contributed by atoms with van der Waals surface area (Å²) in [4.78, 5) is 19.8. The SMILES string of the molecule is COC(=O)[C@@H]1C[C@H](C#N)CN1.O=C(O)C(F)(F)F. The molecule has 6 nitrogen and oxygen atoms in total. The summed E-state index contributed by atoms with van der Waals surface area (Å²) >= 11 is 0. The number of carbonyl (C=O) groups excluding carboxylic acids is 1. The number of alkyl halides is 3. The van der Waals surface area contributed by atoms with E-state index in [-0.39, 0.29) is 17.9 Å². The van der Waals surface area contributed by atoms with E-state index in [2.05, 4.69) is 16.1 Å². The second-order valence-corrected chi connectivity index (χ2v) is 3.35. The molecule has 1 aliphatic rings. The lowest BCUT2D eigenvalue weighted by molar-refractivity contribution is -0.192. The summed E-state index contributed by atoms with van der Waals surface area (Å²) < 4.78 is 36.3. The summed E-state index contributed by atoms with van der Waals surface area (Å²) in [5, 5.41) is 18.5. The highest BCUT2D eigenvalue weighted by Crippen LogP contribution is 2.13. The molecule has 0 aliphatic carbocycles. The number of aliphatic carboxylic acids is 1. The average Bonchev–Trinajstić information content (AvgIpc) is 2.76. The van der Waals surface area contributed by atoms with E-state index in [0.29, 0.717) is 13.0 Å². The largest absolute Gasteiger partial charge is 0.490 e. The minimum Gasteiger partial charge on any atom is -0.475 e. The van der Waals surface area contributed by atoms with Gasteiger partial charge in [0, 0.05) is 6.54 Å². The molecule has 1 saturated heterocycles. The maximum absolute atomic E-state index is 10.9. The lowest BCUT2D eigenvalue weighted by atomic mass is 10.1. The van der Waals surface area contributed by atoms with Crippen molar-refractivity contribution < 1.29 is 32.6 Å². The Morgan fingerprint density at radius 1 is 1.50 bits per heavy atom. The first kappa shape index (κ1) is 16.2. The van der Waals surface area contributed by atoms with E-state index in [4.69, 9.17) is 15.2 Å². The molecule has 1 rings (SSSR count). The summed E-state index contributed by atoms with van der Waals surface area (Å²) in [6, 6.07) is 1.83. The Morgan fingerprint density at radius 3 is 2.28 bits per heavy atom. The van der Waals surface area contributed by atoms with Crippen LogP contribution in [-0.4, -0.2) is 42.9 Å². The molecule has 0 bridgehead atoms. The van der Waals surface area contributed by atoms with Crippen molar-refractivity contribution in [1.82, 2.24) is 5.32 Å². The third-order valence-corrected chi connectivity index (χ3v) is 2.04. The molecular weight excluding hydrogens is 257 g/mol. The van der Waals surface area contributed by atoms with Gasteiger partial charge in [-0.15, -0.1) is 0 Å². The molecule has 1 heterocycles. The van der Waals surface area contributed by atoms with Crippen molar-refractivity contribution in [2.75, 3.05) is 13.7 Å².